The Balaban J connectivity index is 1.57. The maximum Gasteiger partial charge on any atom is 0.248 e. The summed E-state index contributed by atoms with van der Waals surface area (Å²) in [6.07, 6.45) is 0. The summed E-state index contributed by atoms with van der Waals surface area (Å²) in [6.45, 7) is 11.3. The highest BCUT2D eigenvalue weighted by Crippen LogP contribution is 2.20. The van der Waals surface area contributed by atoms with Crippen LogP contribution in [0.3, 0.4) is 0 Å². The van der Waals surface area contributed by atoms with E-state index in [1.165, 1.54) is 0 Å². The number of anilines is 2. The fourth-order valence-electron chi connectivity index (χ4n) is 3.46. The highest BCUT2D eigenvalue weighted by atomic mass is 16.2. The third-order valence-corrected chi connectivity index (χ3v) is 5.38. The summed E-state index contributed by atoms with van der Waals surface area (Å²) in [5.74, 6) is 1.54. The first-order chi connectivity index (χ1) is 14.2. The first-order valence-corrected chi connectivity index (χ1v) is 10.3. The number of hydrogen-bond acceptors (Lipinski definition) is 6. The number of nitrogens with one attached hydrogen (secondary N) is 1. The molecule has 0 aliphatic carbocycles. The fourth-order valence-corrected chi connectivity index (χ4v) is 3.46. The van der Waals surface area contributed by atoms with E-state index in [9.17, 15) is 9.59 Å². The predicted octanol–water partition coefficient (Wildman–Crippen LogP) is 2.16. The zero-order chi connectivity index (χ0) is 21.8. The molecule has 1 saturated heterocycles. The lowest BCUT2D eigenvalue weighted by molar-refractivity contribution is -0.120. The van der Waals surface area contributed by atoms with Gasteiger partial charge in [-0.05, 0) is 38.1 Å². The van der Waals surface area contributed by atoms with Gasteiger partial charge in [-0.2, -0.15) is 0 Å². The third-order valence-electron chi connectivity index (χ3n) is 5.38. The Labute approximate surface area is 177 Å². The Morgan fingerprint density at radius 3 is 2.23 bits per heavy atom. The SMILES string of the molecule is Cc1cc(N2CCN(C(C)C(=O)Nc3ccc(C(N)=O)cc3)CC2)nc(C(C)C)n1. The molecule has 0 bridgehead atoms. The lowest BCUT2D eigenvalue weighted by atomic mass is 10.1. The Morgan fingerprint density at radius 1 is 1.03 bits per heavy atom. The number of carbonyl (C=O) groups is 2. The van der Waals surface area contributed by atoms with Crippen molar-refractivity contribution in [3.05, 3.63) is 47.4 Å². The molecule has 1 unspecified atom stereocenters. The number of nitrogens with two attached hydrogens (primary N) is 1. The van der Waals surface area contributed by atoms with E-state index in [4.69, 9.17) is 10.7 Å². The molecule has 1 aliphatic heterocycles. The maximum absolute atomic E-state index is 12.7. The number of carbonyl (C=O) groups excluding carboxylic acids is 2. The lowest BCUT2D eigenvalue weighted by Crippen LogP contribution is -2.53. The first-order valence-electron chi connectivity index (χ1n) is 10.3. The molecule has 30 heavy (non-hydrogen) atoms. The third kappa shape index (κ3) is 5.13. The van der Waals surface area contributed by atoms with Gasteiger partial charge in [0.05, 0.1) is 6.04 Å². The van der Waals surface area contributed by atoms with E-state index in [1.54, 1.807) is 24.3 Å². The topological polar surface area (TPSA) is 104 Å². The molecule has 3 N–H and O–H groups in total. The van der Waals surface area contributed by atoms with Gasteiger partial charge in [0.25, 0.3) is 0 Å². The Bertz CT molecular complexity index is 904. The average molecular weight is 411 g/mol. The quantitative estimate of drug-likeness (QED) is 0.756. The summed E-state index contributed by atoms with van der Waals surface area (Å²) in [6, 6.07) is 8.35. The van der Waals surface area contributed by atoms with Gasteiger partial charge in [-0.25, -0.2) is 9.97 Å². The molecule has 0 saturated carbocycles. The van der Waals surface area contributed by atoms with Gasteiger partial charge in [-0.3, -0.25) is 14.5 Å². The number of rotatable bonds is 6. The van der Waals surface area contributed by atoms with Crippen molar-refractivity contribution in [3.63, 3.8) is 0 Å². The van der Waals surface area contributed by atoms with Crippen molar-refractivity contribution in [2.75, 3.05) is 36.4 Å². The Morgan fingerprint density at radius 2 is 1.67 bits per heavy atom. The van der Waals surface area contributed by atoms with Crippen LogP contribution < -0.4 is 16.0 Å². The van der Waals surface area contributed by atoms with Crippen molar-refractivity contribution in [1.82, 2.24) is 14.9 Å². The summed E-state index contributed by atoms with van der Waals surface area (Å²) in [5, 5.41) is 2.91. The number of benzene rings is 1. The monoisotopic (exact) mass is 410 g/mol. The van der Waals surface area contributed by atoms with Gasteiger partial charge >= 0.3 is 0 Å². The number of aromatic nitrogens is 2. The van der Waals surface area contributed by atoms with E-state index < -0.39 is 5.91 Å². The molecule has 2 heterocycles. The molecule has 1 aliphatic rings. The summed E-state index contributed by atoms with van der Waals surface area (Å²) in [7, 11) is 0. The Hall–Kier alpha value is -3.00. The van der Waals surface area contributed by atoms with Gasteiger partial charge in [0.1, 0.15) is 11.6 Å². The number of primary amides is 1. The molecule has 1 aromatic heterocycles. The average Bonchev–Trinajstić information content (AvgIpc) is 2.73. The number of hydrogen-bond donors (Lipinski definition) is 2. The molecular weight excluding hydrogens is 380 g/mol. The molecule has 8 heteroatoms. The minimum absolute atomic E-state index is 0.0738. The molecule has 3 rings (SSSR count). The normalized spacial score (nSPS) is 15.8. The van der Waals surface area contributed by atoms with E-state index >= 15 is 0 Å². The molecule has 1 fully saturated rings. The summed E-state index contributed by atoms with van der Waals surface area (Å²) < 4.78 is 0. The zero-order valence-corrected chi connectivity index (χ0v) is 18.1. The van der Waals surface area contributed by atoms with Crippen LogP contribution in [0.15, 0.2) is 30.3 Å². The van der Waals surface area contributed by atoms with Gasteiger partial charge < -0.3 is 16.0 Å². The highest BCUT2D eigenvalue weighted by molar-refractivity contribution is 5.96. The second kappa shape index (κ2) is 9.21. The largest absolute Gasteiger partial charge is 0.366 e. The van der Waals surface area contributed by atoms with Crippen LogP contribution in [-0.4, -0.2) is 58.9 Å². The minimum Gasteiger partial charge on any atom is -0.366 e. The number of piperazine rings is 1. The van der Waals surface area contributed by atoms with E-state index in [2.05, 4.69) is 33.9 Å². The van der Waals surface area contributed by atoms with E-state index in [0.717, 1.165) is 43.5 Å². The van der Waals surface area contributed by atoms with Crippen molar-refractivity contribution in [1.29, 1.82) is 0 Å². The van der Waals surface area contributed by atoms with Gasteiger partial charge in [-0.15, -0.1) is 0 Å². The number of aryl methyl sites for hydroxylation is 1. The summed E-state index contributed by atoms with van der Waals surface area (Å²) in [5.41, 5.74) is 7.28. The van der Waals surface area contributed by atoms with Crippen molar-refractivity contribution in [2.24, 2.45) is 5.73 Å². The van der Waals surface area contributed by atoms with Crippen molar-refractivity contribution >= 4 is 23.3 Å². The lowest BCUT2D eigenvalue weighted by Gasteiger charge is -2.38. The molecule has 1 aromatic carbocycles. The molecule has 2 aromatic rings. The molecule has 1 atom stereocenters. The maximum atomic E-state index is 12.7. The van der Waals surface area contributed by atoms with Crippen LogP contribution in [0, 0.1) is 6.92 Å². The van der Waals surface area contributed by atoms with E-state index in [-0.39, 0.29) is 17.9 Å². The highest BCUT2D eigenvalue weighted by Gasteiger charge is 2.26. The van der Waals surface area contributed by atoms with Gasteiger partial charge in [0.15, 0.2) is 0 Å². The molecule has 2 amide bonds. The van der Waals surface area contributed by atoms with Crippen LogP contribution in [-0.2, 0) is 4.79 Å². The molecule has 0 spiro atoms. The fraction of sp³-hybridized carbons (Fsp3) is 0.455. The molecule has 0 radical (unpaired) electrons. The summed E-state index contributed by atoms with van der Waals surface area (Å²) in [4.78, 5) is 37.5. The molecular formula is C22H30N6O2. The van der Waals surface area contributed by atoms with E-state index in [1.807, 2.05) is 19.9 Å². The van der Waals surface area contributed by atoms with Gasteiger partial charge in [-0.1, -0.05) is 13.8 Å². The summed E-state index contributed by atoms with van der Waals surface area (Å²) >= 11 is 0. The van der Waals surface area contributed by atoms with E-state index in [0.29, 0.717) is 11.3 Å². The smallest absolute Gasteiger partial charge is 0.248 e. The Kier molecular flexibility index (Phi) is 6.66. The molecule has 8 nitrogen and oxygen atoms in total. The molecule has 160 valence electrons. The second-order valence-corrected chi connectivity index (χ2v) is 8.01. The van der Waals surface area contributed by atoms with Crippen LogP contribution in [0.5, 0.6) is 0 Å². The minimum atomic E-state index is -0.487. The van der Waals surface area contributed by atoms with Crippen molar-refractivity contribution < 1.29 is 9.59 Å². The second-order valence-electron chi connectivity index (χ2n) is 8.01. The van der Waals surface area contributed by atoms with Crippen molar-refractivity contribution in [3.8, 4) is 0 Å². The van der Waals surface area contributed by atoms with Crippen LogP contribution in [0.4, 0.5) is 11.5 Å². The predicted molar refractivity (Wildman–Crippen MR) is 118 cm³/mol. The van der Waals surface area contributed by atoms with Crippen molar-refractivity contribution in [2.45, 2.75) is 39.7 Å². The standard InChI is InChI=1S/C22H30N6O2/c1-14(2)21-24-15(3)13-19(26-21)28-11-9-27(10-12-28)16(4)22(30)25-18-7-5-17(6-8-18)20(23)29/h5-8,13-14,16H,9-12H2,1-4H3,(H2,23,29)(H,25,30). The van der Waals surface area contributed by atoms with Crippen LogP contribution >= 0.6 is 0 Å². The van der Waals surface area contributed by atoms with Gasteiger partial charge in [0.2, 0.25) is 11.8 Å². The number of amides is 2. The van der Waals surface area contributed by atoms with Crippen LogP contribution in [0.1, 0.15) is 48.6 Å². The van der Waals surface area contributed by atoms with Crippen LogP contribution in [0.2, 0.25) is 0 Å². The zero-order valence-electron chi connectivity index (χ0n) is 18.1. The first kappa shape index (κ1) is 21.7. The van der Waals surface area contributed by atoms with Crippen LogP contribution in [0.25, 0.3) is 0 Å². The number of nitrogens with zero attached hydrogens (tertiary/aromatic N) is 4. The van der Waals surface area contributed by atoms with Gasteiger partial charge in [0, 0.05) is 55.1 Å².